The van der Waals surface area contributed by atoms with Gasteiger partial charge in [0.1, 0.15) is 0 Å². The molecule has 1 aliphatic rings. The Labute approximate surface area is 188 Å². The van der Waals surface area contributed by atoms with E-state index >= 15 is 0 Å². The third-order valence-electron chi connectivity index (χ3n) is 5.68. The van der Waals surface area contributed by atoms with E-state index in [1.165, 1.54) is 16.8 Å². The molecule has 0 radical (unpaired) electrons. The monoisotopic (exact) mass is 422 g/mol. The second-order valence-electron chi connectivity index (χ2n) is 8.10. The Bertz CT molecular complexity index is 1250. The molecule has 6 heteroatoms. The molecule has 32 heavy (non-hydrogen) atoms. The molecule has 0 saturated carbocycles. The van der Waals surface area contributed by atoms with Crippen LogP contribution in [0.5, 0.6) is 0 Å². The van der Waals surface area contributed by atoms with Crippen molar-refractivity contribution in [2.75, 3.05) is 27.7 Å². The fraction of sp³-hybridized carbons (Fsp3) is 0.154. The number of benzene rings is 2. The normalized spacial score (nSPS) is 12.6. The first-order valence-corrected chi connectivity index (χ1v) is 10.7. The van der Waals surface area contributed by atoms with Gasteiger partial charge in [-0.05, 0) is 74.0 Å². The lowest BCUT2D eigenvalue weighted by Crippen LogP contribution is -2.34. The zero-order valence-corrected chi connectivity index (χ0v) is 18.5. The van der Waals surface area contributed by atoms with Crippen molar-refractivity contribution in [1.82, 2.24) is 9.97 Å². The molecule has 5 rings (SSSR count). The van der Waals surface area contributed by atoms with Gasteiger partial charge in [0.25, 0.3) is 0 Å². The average Bonchev–Trinajstić information content (AvgIpc) is 3.11. The van der Waals surface area contributed by atoms with Gasteiger partial charge in [-0.3, -0.25) is 20.0 Å². The summed E-state index contributed by atoms with van der Waals surface area (Å²) in [5.41, 5.74) is 10.2. The van der Waals surface area contributed by atoms with Crippen molar-refractivity contribution >= 4 is 34.1 Å². The second kappa shape index (κ2) is 8.23. The van der Waals surface area contributed by atoms with Gasteiger partial charge in [0.2, 0.25) is 0 Å². The summed E-state index contributed by atoms with van der Waals surface area (Å²) in [5, 5.41) is 11.5. The maximum atomic E-state index is 4.28. The van der Waals surface area contributed by atoms with Crippen LogP contribution in [-0.4, -0.2) is 17.0 Å². The summed E-state index contributed by atoms with van der Waals surface area (Å²) in [6.07, 6.45) is 5.41. The van der Waals surface area contributed by atoms with Crippen LogP contribution in [0, 0.1) is 13.8 Å². The number of hydrazine groups is 1. The molecule has 0 saturated heterocycles. The Hall–Kier alpha value is -4.06. The van der Waals surface area contributed by atoms with Gasteiger partial charge in [-0.2, -0.15) is 0 Å². The lowest BCUT2D eigenvalue weighted by molar-refractivity contribution is 0.842. The summed E-state index contributed by atoms with van der Waals surface area (Å²) in [6, 6.07) is 20.9. The highest BCUT2D eigenvalue weighted by atomic mass is 15.6. The van der Waals surface area contributed by atoms with Gasteiger partial charge < -0.3 is 10.6 Å². The maximum Gasteiger partial charge on any atom is 0.0668 e. The van der Waals surface area contributed by atoms with E-state index in [0.717, 1.165) is 40.7 Å². The van der Waals surface area contributed by atoms with Gasteiger partial charge in [-0.25, -0.2) is 0 Å². The summed E-state index contributed by atoms with van der Waals surface area (Å²) >= 11 is 0. The quantitative estimate of drug-likeness (QED) is 0.414. The van der Waals surface area contributed by atoms with Crippen LogP contribution in [0.25, 0.3) is 0 Å². The van der Waals surface area contributed by atoms with Gasteiger partial charge >= 0.3 is 0 Å². The molecule has 4 aromatic rings. The Morgan fingerprint density at radius 2 is 1.53 bits per heavy atom. The first kappa shape index (κ1) is 19.9. The number of anilines is 6. The summed E-state index contributed by atoms with van der Waals surface area (Å²) in [6.45, 7) is 4.99. The number of aromatic nitrogens is 2. The molecule has 2 aromatic heterocycles. The maximum absolute atomic E-state index is 4.28. The number of nitrogens with zero attached hydrogens (tertiary/aromatic N) is 4. The number of fused-ring (bicyclic) bond motifs is 1. The topological polar surface area (TPSA) is 56.3 Å². The van der Waals surface area contributed by atoms with Gasteiger partial charge in [-0.1, -0.05) is 6.07 Å². The summed E-state index contributed by atoms with van der Waals surface area (Å²) < 4.78 is 0. The minimum atomic E-state index is 0.816. The fourth-order valence-corrected chi connectivity index (χ4v) is 4.30. The van der Waals surface area contributed by atoms with E-state index in [1.54, 1.807) is 12.4 Å². The number of hydrogen-bond donors (Lipinski definition) is 2. The predicted octanol–water partition coefficient (Wildman–Crippen LogP) is 5.95. The molecule has 6 nitrogen and oxygen atoms in total. The van der Waals surface area contributed by atoms with Gasteiger partial charge in [0.15, 0.2) is 0 Å². The number of rotatable bonds is 5. The molecular weight excluding hydrogens is 396 g/mol. The first-order valence-electron chi connectivity index (χ1n) is 10.7. The van der Waals surface area contributed by atoms with Gasteiger partial charge in [0.05, 0.1) is 17.9 Å². The Morgan fingerprint density at radius 3 is 2.34 bits per heavy atom. The standard InChI is InChI=1S/C26H26N6/c1-18-13-24(30-23-9-12-28-19(2)14-23)15-20-17-32(31(3)26(18)20)25-6-4-5-22(16-25)29-21-7-10-27-11-8-21/h4-16H,17H2,1-3H3,(H,27,29)(H,28,30). The van der Waals surface area contributed by atoms with Crippen molar-refractivity contribution in [2.24, 2.45) is 0 Å². The highest BCUT2D eigenvalue weighted by Crippen LogP contribution is 2.39. The number of nitrogens with one attached hydrogen (secondary N) is 2. The third kappa shape index (κ3) is 3.95. The van der Waals surface area contributed by atoms with Crippen LogP contribution in [-0.2, 0) is 6.54 Å². The number of hydrogen-bond acceptors (Lipinski definition) is 6. The molecule has 3 heterocycles. The average molecular weight is 423 g/mol. The highest BCUT2D eigenvalue weighted by Gasteiger charge is 2.27. The van der Waals surface area contributed by atoms with E-state index in [1.807, 2.05) is 31.3 Å². The van der Waals surface area contributed by atoms with E-state index in [9.17, 15) is 0 Å². The highest BCUT2D eigenvalue weighted by molar-refractivity contribution is 5.76. The van der Waals surface area contributed by atoms with Crippen molar-refractivity contribution in [3.8, 4) is 0 Å². The molecule has 0 atom stereocenters. The summed E-state index contributed by atoms with van der Waals surface area (Å²) in [4.78, 5) is 8.37. The Kier molecular flexibility index (Phi) is 5.11. The second-order valence-corrected chi connectivity index (χ2v) is 8.10. The molecule has 1 aliphatic heterocycles. The molecule has 0 spiro atoms. The van der Waals surface area contributed by atoms with Crippen molar-refractivity contribution in [3.05, 3.63) is 96.1 Å². The van der Waals surface area contributed by atoms with Crippen molar-refractivity contribution in [3.63, 3.8) is 0 Å². The Morgan fingerprint density at radius 1 is 0.781 bits per heavy atom. The van der Waals surface area contributed by atoms with Crippen LogP contribution in [0.1, 0.15) is 16.8 Å². The molecule has 0 unspecified atom stereocenters. The summed E-state index contributed by atoms with van der Waals surface area (Å²) in [5.74, 6) is 0. The van der Waals surface area contributed by atoms with E-state index < -0.39 is 0 Å². The summed E-state index contributed by atoms with van der Waals surface area (Å²) in [7, 11) is 2.13. The lowest BCUT2D eigenvalue weighted by atomic mass is 10.1. The Balaban J connectivity index is 1.40. The first-order chi connectivity index (χ1) is 15.6. The van der Waals surface area contributed by atoms with Crippen LogP contribution >= 0.6 is 0 Å². The lowest BCUT2D eigenvalue weighted by Gasteiger charge is -2.29. The molecule has 2 aromatic carbocycles. The van der Waals surface area contributed by atoms with E-state index in [0.29, 0.717) is 0 Å². The zero-order valence-electron chi connectivity index (χ0n) is 18.5. The van der Waals surface area contributed by atoms with Crippen molar-refractivity contribution < 1.29 is 0 Å². The minimum Gasteiger partial charge on any atom is -0.355 e. The van der Waals surface area contributed by atoms with E-state index in [-0.39, 0.29) is 0 Å². The zero-order chi connectivity index (χ0) is 22.1. The third-order valence-corrected chi connectivity index (χ3v) is 5.68. The van der Waals surface area contributed by atoms with E-state index in [4.69, 9.17) is 0 Å². The van der Waals surface area contributed by atoms with Crippen molar-refractivity contribution in [2.45, 2.75) is 20.4 Å². The van der Waals surface area contributed by atoms with Crippen LogP contribution in [0.3, 0.4) is 0 Å². The fourth-order valence-electron chi connectivity index (χ4n) is 4.30. The molecule has 160 valence electrons. The number of aryl methyl sites for hydroxylation is 2. The molecule has 0 amide bonds. The van der Waals surface area contributed by atoms with Gasteiger partial charge in [-0.15, -0.1) is 0 Å². The van der Waals surface area contributed by atoms with Crippen LogP contribution in [0.15, 0.2) is 79.3 Å². The molecule has 2 N–H and O–H groups in total. The predicted molar refractivity (Wildman–Crippen MR) is 132 cm³/mol. The molecule has 0 aliphatic carbocycles. The minimum absolute atomic E-state index is 0.816. The molecule has 0 bridgehead atoms. The van der Waals surface area contributed by atoms with Crippen LogP contribution in [0.4, 0.5) is 34.1 Å². The number of pyridine rings is 2. The van der Waals surface area contributed by atoms with E-state index in [2.05, 4.69) is 87.1 Å². The smallest absolute Gasteiger partial charge is 0.0668 e. The molecular formula is C26H26N6. The van der Waals surface area contributed by atoms with Crippen LogP contribution < -0.4 is 20.7 Å². The van der Waals surface area contributed by atoms with Crippen molar-refractivity contribution in [1.29, 1.82) is 0 Å². The molecule has 0 fully saturated rings. The van der Waals surface area contributed by atoms with Crippen LogP contribution in [0.2, 0.25) is 0 Å². The van der Waals surface area contributed by atoms with Gasteiger partial charge in [0, 0.05) is 59.6 Å². The largest absolute Gasteiger partial charge is 0.355 e. The SMILES string of the molecule is Cc1cc(Nc2cc(C)c3c(c2)CN(c2cccc(Nc4ccncc4)c2)N3C)ccn1.